The molecule has 7 nitrogen and oxygen atoms in total. The van der Waals surface area contributed by atoms with Gasteiger partial charge in [-0.3, -0.25) is 14.4 Å². The minimum absolute atomic E-state index is 0.00591. The van der Waals surface area contributed by atoms with Crippen molar-refractivity contribution >= 4 is 35.4 Å². The van der Waals surface area contributed by atoms with Gasteiger partial charge in [-0.05, 0) is 72.3 Å². The summed E-state index contributed by atoms with van der Waals surface area (Å²) in [5, 5.41) is 5.38. The first kappa shape index (κ1) is 24.9. The molecule has 0 saturated heterocycles. The summed E-state index contributed by atoms with van der Waals surface area (Å²) in [5.41, 5.74) is 2.20. The first-order chi connectivity index (χ1) is 18.0. The van der Waals surface area contributed by atoms with Crippen molar-refractivity contribution in [2.45, 2.75) is 0 Å². The van der Waals surface area contributed by atoms with Crippen LogP contribution in [0, 0.1) is 0 Å². The van der Waals surface area contributed by atoms with Crippen LogP contribution in [0.1, 0.15) is 32.0 Å². The summed E-state index contributed by atoms with van der Waals surface area (Å²) < 4.78 is 10.4. The van der Waals surface area contributed by atoms with Gasteiger partial charge in [0.1, 0.15) is 17.2 Å². The number of carbonyl (C=O) groups is 3. The van der Waals surface area contributed by atoms with Crippen molar-refractivity contribution < 1.29 is 23.5 Å². The Balaban J connectivity index is 1.44. The van der Waals surface area contributed by atoms with Crippen LogP contribution < -0.4 is 15.4 Å². The molecule has 0 bridgehead atoms. The average Bonchev–Trinajstić information content (AvgIpc) is 3.45. The van der Waals surface area contributed by atoms with Gasteiger partial charge in [-0.1, -0.05) is 36.4 Å². The largest absolute Gasteiger partial charge is 0.497 e. The Bertz CT molecular complexity index is 1420. The van der Waals surface area contributed by atoms with E-state index in [0.717, 1.165) is 11.3 Å². The van der Waals surface area contributed by atoms with Crippen molar-refractivity contribution in [3.05, 3.63) is 131 Å². The molecule has 3 aromatic carbocycles. The molecule has 1 aromatic heterocycles. The molecule has 0 saturated carbocycles. The number of methoxy groups -OCH3 is 1. The van der Waals surface area contributed by atoms with Gasteiger partial charge in [-0.2, -0.15) is 0 Å². The number of anilines is 1. The number of benzene rings is 3. The van der Waals surface area contributed by atoms with Crippen LogP contribution in [0.2, 0.25) is 0 Å². The second-order valence-corrected chi connectivity index (χ2v) is 7.90. The fourth-order valence-electron chi connectivity index (χ4n) is 3.36. The maximum Gasteiger partial charge on any atom is 0.272 e. The van der Waals surface area contributed by atoms with Gasteiger partial charge in [0.15, 0.2) is 5.78 Å². The molecule has 1 heterocycles. The molecule has 7 heteroatoms. The lowest BCUT2D eigenvalue weighted by molar-refractivity contribution is -0.113. The minimum atomic E-state index is -0.542. The first-order valence-corrected chi connectivity index (χ1v) is 11.4. The summed E-state index contributed by atoms with van der Waals surface area (Å²) in [6.07, 6.45) is 6.12. The zero-order chi connectivity index (χ0) is 26.0. The van der Waals surface area contributed by atoms with Gasteiger partial charge in [-0.25, -0.2) is 0 Å². The van der Waals surface area contributed by atoms with Crippen molar-refractivity contribution in [1.82, 2.24) is 5.32 Å². The third-order valence-corrected chi connectivity index (χ3v) is 5.33. The highest BCUT2D eigenvalue weighted by atomic mass is 16.5. The number of carbonyl (C=O) groups excluding carboxylic acids is 3. The fourth-order valence-corrected chi connectivity index (χ4v) is 3.36. The van der Waals surface area contributed by atoms with E-state index < -0.39 is 11.8 Å². The monoisotopic (exact) mass is 492 g/mol. The molecule has 2 N–H and O–H groups in total. The summed E-state index contributed by atoms with van der Waals surface area (Å²) in [6.45, 7) is 0. The number of amides is 2. The van der Waals surface area contributed by atoms with E-state index in [0.29, 0.717) is 22.6 Å². The second-order valence-electron chi connectivity index (χ2n) is 7.90. The second kappa shape index (κ2) is 12.0. The molecule has 2 amide bonds. The zero-order valence-corrected chi connectivity index (χ0v) is 20.0. The van der Waals surface area contributed by atoms with Crippen LogP contribution in [0.3, 0.4) is 0 Å². The van der Waals surface area contributed by atoms with Gasteiger partial charge in [0.2, 0.25) is 0 Å². The maximum absolute atomic E-state index is 13.0. The molecule has 0 radical (unpaired) electrons. The molecule has 4 aromatic rings. The van der Waals surface area contributed by atoms with Gasteiger partial charge in [0.25, 0.3) is 11.8 Å². The highest BCUT2D eigenvalue weighted by Crippen LogP contribution is 2.16. The standard InChI is InChI=1S/C30H24N2O5/c1-36-25-16-9-21(10-17-25)11-18-28(33)22-12-14-24(15-13-22)31-30(35)27(20-26-8-5-19-37-26)32-29(34)23-6-3-2-4-7-23/h2-20H,1H3,(H,31,35)(H,32,34)/b18-11+,27-20-. The first-order valence-electron chi connectivity index (χ1n) is 11.4. The number of hydrogen-bond acceptors (Lipinski definition) is 5. The molecule has 0 unspecified atom stereocenters. The fraction of sp³-hybridized carbons (Fsp3) is 0.0333. The molecule has 4 rings (SSSR count). The van der Waals surface area contributed by atoms with Crippen LogP contribution in [0.15, 0.2) is 113 Å². The van der Waals surface area contributed by atoms with E-state index in [-0.39, 0.29) is 11.5 Å². The lowest BCUT2D eigenvalue weighted by Crippen LogP contribution is -2.30. The van der Waals surface area contributed by atoms with E-state index in [1.807, 2.05) is 24.3 Å². The topological polar surface area (TPSA) is 97.6 Å². The molecule has 184 valence electrons. The van der Waals surface area contributed by atoms with E-state index in [2.05, 4.69) is 10.6 Å². The van der Waals surface area contributed by atoms with Crippen molar-refractivity contribution in [1.29, 1.82) is 0 Å². The van der Waals surface area contributed by atoms with Gasteiger partial charge < -0.3 is 19.8 Å². The predicted molar refractivity (Wildman–Crippen MR) is 142 cm³/mol. The molecule has 0 spiro atoms. The Morgan fingerprint density at radius 1 is 0.811 bits per heavy atom. The number of nitrogens with one attached hydrogen (secondary N) is 2. The summed E-state index contributed by atoms with van der Waals surface area (Å²) >= 11 is 0. The Morgan fingerprint density at radius 2 is 1.54 bits per heavy atom. The van der Waals surface area contributed by atoms with Crippen LogP contribution >= 0.6 is 0 Å². The summed E-state index contributed by atoms with van der Waals surface area (Å²) in [6, 6.07) is 25.7. The predicted octanol–water partition coefficient (Wildman–Crippen LogP) is 5.59. The number of ether oxygens (including phenoxy) is 1. The number of hydrogen-bond donors (Lipinski definition) is 2. The smallest absolute Gasteiger partial charge is 0.272 e. The molecule has 0 aliphatic carbocycles. The van der Waals surface area contributed by atoms with E-state index in [1.165, 1.54) is 18.4 Å². The molecule has 0 aliphatic rings. The van der Waals surface area contributed by atoms with Gasteiger partial charge >= 0.3 is 0 Å². The van der Waals surface area contributed by atoms with Crippen LogP contribution in [0.4, 0.5) is 5.69 Å². The van der Waals surface area contributed by atoms with Crippen molar-refractivity contribution in [2.24, 2.45) is 0 Å². The van der Waals surface area contributed by atoms with E-state index in [1.54, 1.807) is 79.9 Å². The molecular weight excluding hydrogens is 468 g/mol. The number of rotatable bonds is 9. The summed E-state index contributed by atoms with van der Waals surface area (Å²) in [5.74, 6) is -0.00876. The lowest BCUT2D eigenvalue weighted by Gasteiger charge is -2.11. The van der Waals surface area contributed by atoms with Crippen LogP contribution in [0.25, 0.3) is 12.2 Å². The Hall–Kier alpha value is -5.17. The summed E-state index contributed by atoms with van der Waals surface area (Å²) in [7, 11) is 1.59. The minimum Gasteiger partial charge on any atom is -0.497 e. The molecule has 0 fully saturated rings. The van der Waals surface area contributed by atoms with Crippen molar-refractivity contribution in [3.63, 3.8) is 0 Å². The highest BCUT2D eigenvalue weighted by Gasteiger charge is 2.16. The van der Waals surface area contributed by atoms with Crippen molar-refractivity contribution in [3.8, 4) is 5.75 Å². The zero-order valence-electron chi connectivity index (χ0n) is 20.0. The number of furan rings is 1. The molecule has 37 heavy (non-hydrogen) atoms. The SMILES string of the molecule is COc1ccc(/C=C/C(=O)c2ccc(NC(=O)/C(=C/c3ccco3)NC(=O)c3ccccc3)cc2)cc1. The molecule has 0 aliphatic heterocycles. The third-order valence-electron chi connectivity index (χ3n) is 5.33. The Morgan fingerprint density at radius 3 is 2.19 bits per heavy atom. The quantitative estimate of drug-likeness (QED) is 0.234. The van der Waals surface area contributed by atoms with Crippen LogP contribution in [-0.2, 0) is 4.79 Å². The van der Waals surface area contributed by atoms with E-state index in [4.69, 9.17) is 9.15 Å². The average molecular weight is 493 g/mol. The number of allylic oxidation sites excluding steroid dienone is 1. The van der Waals surface area contributed by atoms with Gasteiger partial charge in [0, 0.05) is 22.9 Å². The maximum atomic E-state index is 13.0. The van der Waals surface area contributed by atoms with Crippen LogP contribution in [0.5, 0.6) is 5.75 Å². The lowest BCUT2D eigenvalue weighted by atomic mass is 10.1. The molecule has 0 atom stereocenters. The van der Waals surface area contributed by atoms with Gasteiger partial charge in [0.05, 0.1) is 13.4 Å². The van der Waals surface area contributed by atoms with Crippen LogP contribution in [-0.4, -0.2) is 24.7 Å². The van der Waals surface area contributed by atoms with E-state index >= 15 is 0 Å². The third kappa shape index (κ3) is 6.93. The van der Waals surface area contributed by atoms with Crippen molar-refractivity contribution in [2.75, 3.05) is 12.4 Å². The Kier molecular flexibility index (Phi) is 8.08. The number of ketones is 1. The van der Waals surface area contributed by atoms with Gasteiger partial charge in [-0.15, -0.1) is 0 Å². The van der Waals surface area contributed by atoms with E-state index in [9.17, 15) is 14.4 Å². The molecular formula is C30H24N2O5. The Labute approximate surface area is 214 Å². The summed E-state index contributed by atoms with van der Waals surface area (Å²) in [4.78, 5) is 38.2. The normalized spacial score (nSPS) is 11.2. The highest BCUT2D eigenvalue weighted by molar-refractivity contribution is 6.11.